The average Bonchev–Trinajstić information content (AvgIpc) is 2.85. The number of anilines is 2. The van der Waals surface area contributed by atoms with E-state index in [2.05, 4.69) is 34.7 Å². The first-order valence-electron chi connectivity index (χ1n) is 6.59. The van der Waals surface area contributed by atoms with Gasteiger partial charge in [-0.05, 0) is 18.1 Å². The van der Waals surface area contributed by atoms with Gasteiger partial charge in [0.05, 0.1) is 4.92 Å². The van der Waals surface area contributed by atoms with Crippen LogP contribution >= 0.6 is 11.3 Å². The molecule has 0 spiro atoms. The molecule has 2 aromatic rings. The molecule has 0 saturated heterocycles. The van der Waals surface area contributed by atoms with E-state index in [9.17, 15) is 14.9 Å². The number of nitro benzene ring substituents is 1. The molecule has 0 bridgehead atoms. The molecular formula is C13H15N5O3S. The zero-order valence-electron chi connectivity index (χ0n) is 12.1. The highest BCUT2D eigenvalue weighted by Crippen LogP contribution is 2.19. The van der Waals surface area contributed by atoms with Crippen LogP contribution in [0.3, 0.4) is 0 Å². The fourth-order valence-electron chi connectivity index (χ4n) is 1.66. The van der Waals surface area contributed by atoms with E-state index in [1.165, 1.54) is 35.6 Å². The Bertz CT molecular complexity index is 669. The van der Waals surface area contributed by atoms with Crippen molar-refractivity contribution in [2.24, 2.45) is 5.92 Å². The lowest BCUT2D eigenvalue weighted by Gasteiger charge is -2.04. The summed E-state index contributed by atoms with van der Waals surface area (Å²) >= 11 is 1.32. The van der Waals surface area contributed by atoms with Gasteiger partial charge >= 0.3 is 6.03 Å². The summed E-state index contributed by atoms with van der Waals surface area (Å²) in [5.74, 6) is 0.467. The quantitative estimate of drug-likeness (QED) is 0.648. The molecule has 22 heavy (non-hydrogen) atoms. The van der Waals surface area contributed by atoms with Crippen LogP contribution in [0.1, 0.15) is 18.9 Å². The van der Waals surface area contributed by atoms with Gasteiger partial charge in [-0.1, -0.05) is 25.2 Å². The highest BCUT2D eigenvalue weighted by Gasteiger charge is 2.10. The number of non-ortho nitro benzene ring substituents is 1. The van der Waals surface area contributed by atoms with Crippen molar-refractivity contribution in [2.75, 3.05) is 10.6 Å². The summed E-state index contributed by atoms with van der Waals surface area (Å²) in [5, 5.41) is 24.9. The van der Waals surface area contributed by atoms with Crippen LogP contribution in [0, 0.1) is 16.0 Å². The lowest BCUT2D eigenvalue weighted by atomic mass is 10.1. The lowest BCUT2D eigenvalue weighted by molar-refractivity contribution is -0.384. The number of urea groups is 1. The number of nitrogens with zero attached hydrogens (tertiary/aromatic N) is 3. The molecule has 116 valence electrons. The fourth-order valence-corrected chi connectivity index (χ4v) is 2.61. The molecule has 2 rings (SSSR count). The fraction of sp³-hybridized carbons (Fsp3) is 0.308. The van der Waals surface area contributed by atoms with Gasteiger partial charge in [0.15, 0.2) is 0 Å². The topological polar surface area (TPSA) is 110 Å². The maximum Gasteiger partial charge on any atom is 0.325 e. The number of nitrogens with one attached hydrogen (secondary N) is 2. The van der Waals surface area contributed by atoms with Crippen molar-refractivity contribution in [3.05, 3.63) is 39.4 Å². The summed E-state index contributed by atoms with van der Waals surface area (Å²) < 4.78 is 0. The first kappa shape index (κ1) is 15.8. The van der Waals surface area contributed by atoms with Gasteiger partial charge < -0.3 is 5.32 Å². The zero-order chi connectivity index (χ0) is 16.1. The van der Waals surface area contributed by atoms with Gasteiger partial charge in [0.25, 0.3) is 5.69 Å². The summed E-state index contributed by atoms with van der Waals surface area (Å²) in [7, 11) is 0. The molecule has 1 heterocycles. The Hall–Kier alpha value is -2.55. The standard InChI is InChI=1S/C13H15N5O3S/c1-8(2)7-11-16-17-13(22-11)15-12(19)14-9-3-5-10(6-4-9)18(20)21/h3-6,8H,7H2,1-2H3,(H2,14,15,17,19). The number of amides is 2. The second-order valence-electron chi connectivity index (χ2n) is 4.98. The number of benzene rings is 1. The number of aromatic nitrogens is 2. The van der Waals surface area contributed by atoms with Gasteiger partial charge in [0.2, 0.25) is 5.13 Å². The first-order chi connectivity index (χ1) is 10.4. The minimum atomic E-state index is -0.499. The highest BCUT2D eigenvalue weighted by molar-refractivity contribution is 7.15. The molecule has 2 amide bonds. The van der Waals surface area contributed by atoms with Crippen molar-refractivity contribution in [1.82, 2.24) is 10.2 Å². The summed E-state index contributed by atoms with van der Waals surface area (Å²) in [6.45, 7) is 4.16. The maximum absolute atomic E-state index is 11.8. The van der Waals surface area contributed by atoms with Crippen molar-refractivity contribution in [3.8, 4) is 0 Å². The summed E-state index contributed by atoms with van der Waals surface area (Å²) in [6, 6.07) is 5.09. The number of hydrogen-bond acceptors (Lipinski definition) is 6. The van der Waals surface area contributed by atoms with Crippen LogP contribution in [-0.2, 0) is 6.42 Å². The predicted octanol–water partition coefficient (Wildman–Crippen LogP) is 3.29. The third-order valence-electron chi connectivity index (χ3n) is 2.61. The van der Waals surface area contributed by atoms with Crippen molar-refractivity contribution in [3.63, 3.8) is 0 Å². The Morgan fingerprint density at radius 1 is 1.27 bits per heavy atom. The van der Waals surface area contributed by atoms with Crippen molar-refractivity contribution in [2.45, 2.75) is 20.3 Å². The van der Waals surface area contributed by atoms with Gasteiger partial charge in [-0.15, -0.1) is 10.2 Å². The average molecular weight is 321 g/mol. The van der Waals surface area contributed by atoms with Crippen molar-refractivity contribution < 1.29 is 9.72 Å². The van der Waals surface area contributed by atoms with Crippen LogP contribution in [0.2, 0.25) is 0 Å². The molecule has 0 atom stereocenters. The molecule has 1 aromatic heterocycles. The van der Waals surface area contributed by atoms with E-state index in [0.29, 0.717) is 16.7 Å². The van der Waals surface area contributed by atoms with Crippen LogP contribution in [0.25, 0.3) is 0 Å². The minimum absolute atomic E-state index is 0.0339. The third-order valence-corrected chi connectivity index (χ3v) is 3.47. The van der Waals surface area contributed by atoms with Gasteiger partial charge in [-0.25, -0.2) is 4.79 Å². The smallest absolute Gasteiger partial charge is 0.308 e. The Balaban J connectivity index is 1.92. The van der Waals surface area contributed by atoms with E-state index < -0.39 is 11.0 Å². The van der Waals surface area contributed by atoms with Crippen LogP contribution in [0.15, 0.2) is 24.3 Å². The van der Waals surface area contributed by atoms with Crippen LogP contribution in [0.4, 0.5) is 21.3 Å². The normalized spacial score (nSPS) is 10.5. The Labute approximate surface area is 130 Å². The van der Waals surface area contributed by atoms with E-state index in [1.807, 2.05) is 0 Å². The minimum Gasteiger partial charge on any atom is -0.308 e. The number of carbonyl (C=O) groups excluding carboxylic acids is 1. The molecule has 0 radical (unpaired) electrons. The lowest BCUT2D eigenvalue weighted by Crippen LogP contribution is -2.19. The molecular weight excluding hydrogens is 306 g/mol. The third kappa shape index (κ3) is 4.48. The van der Waals surface area contributed by atoms with E-state index in [-0.39, 0.29) is 5.69 Å². The molecule has 0 aliphatic carbocycles. The number of hydrogen-bond donors (Lipinski definition) is 2. The molecule has 2 N–H and O–H groups in total. The first-order valence-corrected chi connectivity index (χ1v) is 7.40. The van der Waals surface area contributed by atoms with E-state index >= 15 is 0 Å². The zero-order valence-corrected chi connectivity index (χ0v) is 12.9. The van der Waals surface area contributed by atoms with Gasteiger partial charge in [-0.2, -0.15) is 0 Å². The SMILES string of the molecule is CC(C)Cc1nnc(NC(=O)Nc2ccc([N+](=O)[O-])cc2)s1. The maximum atomic E-state index is 11.8. The van der Waals surface area contributed by atoms with Gasteiger partial charge in [0, 0.05) is 24.2 Å². The largest absolute Gasteiger partial charge is 0.325 e. The van der Waals surface area contributed by atoms with Gasteiger partial charge in [-0.3, -0.25) is 15.4 Å². The van der Waals surface area contributed by atoms with E-state index in [0.717, 1.165) is 11.4 Å². The Morgan fingerprint density at radius 2 is 1.95 bits per heavy atom. The number of carbonyl (C=O) groups is 1. The Kier molecular flexibility index (Phi) is 4.99. The molecule has 0 aliphatic heterocycles. The molecule has 0 aliphatic rings. The molecule has 0 saturated carbocycles. The Morgan fingerprint density at radius 3 is 2.55 bits per heavy atom. The van der Waals surface area contributed by atoms with Crippen LogP contribution in [-0.4, -0.2) is 21.2 Å². The summed E-state index contributed by atoms with van der Waals surface area (Å²) in [4.78, 5) is 21.9. The summed E-state index contributed by atoms with van der Waals surface area (Å²) in [6.07, 6.45) is 0.809. The number of nitro groups is 1. The van der Waals surface area contributed by atoms with E-state index in [1.54, 1.807) is 0 Å². The highest BCUT2D eigenvalue weighted by atomic mass is 32.1. The molecule has 1 aromatic carbocycles. The van der Waals surface area contributed by atoms with Crippen LogP contribution < -0.4 is 10.6 Å². The second kappa shape index (κ2) is 6.94. The van der Waals surface area contributed by atoms with Crippen molar-refractivity contribution in [1.29, 1.82) is 0 Å². The monoisotopic (exact) mass is 321 g/mol. The van der Waals surface area contributed by atoms with Crippen LogP contribution in [0.5, 0.6) is 0 Å². The molecule has 0 unspecified atom stereocenters. The van der Waals surface area contributed by atoms with Crippen molar-refractivity contribution >= 4 is 33.9 Å². The molecule has 8 nitrogen and oxygen atoms in total. The predicted molar refractivity (Wildman–Crippen MR) is 84.2 cm³/mol. The molecule has 9 heteroatoms. The summed E-state index contributed by atoms with van der Waals surface area (Å²) in [5.41, 5.74) is 0.420. The van der Waals surface area contributed by atoms with E-state index in [4.69, 9.17) is 0 Å². The second-order valence-corrected chi connectivity index (χ2v) is 6.04. The number of rotatable bonds is 5. The molecule has 0 fully saturated rings. The van der Waals surface area contributed by atoms with Gasteiger partial charge in [0.1, 0.15) is 5.01 Å².